The topological polar surface area (TPSA) is 216 Å². The number of rotatable bonds is 16. The van der Waals surface area contributed by atoms with Crippen molar-refractivity contribution in [3.8, 4) is 0 Å². The predicted octanol–water partition coefficient (Wildman–Crippen LogP) is -1.47. The monoisotopic (exact) mass is 547 g/mol. The van der Waals surface area contributed by atoms with Crippen LogP contribution in [-0.4, -0.2) is 121 Å². The average Bonchev–Trinajstić information content (AvgIpc) is 2.90. The molecular formula is C25H43N3O10. The molecule has 0 heterocycles. The van der Waals surface area contributed by atoms with E-state index >= 15 is 0 Å². The number of nitrogens with two attached hydrogens (primary N) is 1. The molecule has 0 aliphatic carbocycles. The van der Waals surface area contributed by atoms with Crippen LogP contribution >= 0.6 is 0 Å². The second-order valence-corrected chi connectivity index (χ2v) is 9.78. The van der Waals surface area contributed by atoms with Crippen molar-refractivity contribution in [2.75, 3.05) is 21.1 Å². The van der Waals surface area contributed by atoms with Crippen LogP contribution in [0.25, 0.3) is 0 Å². The van der Waals surface area contributed by atoms with Gasteiger partial charge in [-0.3, -0.25) is 28.9 Å². The van der Waals surface area contributed by atoms with Crippen LogP contribution in [-0.2, 0) is 28.8 Å². The van der Waals surface area contributed by atoms with Crippen LogP contribution in [0.1, 0.15) is 63.5 Å². The van der Waals surface area contributed by atoms with Gasteiger partial charge in [-0.1, -0.05) is 27.2 Å². The first-order valence-electron chi connectivity index (χ1n) is 13.5. The minimum absolute atomic E-state index is 0.0390. The van der Waals surface area contributed by atoms with E-state index in [2.05, 4.69) is 0 Å². The van der Waals surface area contributed by atoms with Gasteiger partial charge in [-0.2, -0.15) is 0 Å². The highest BCUT2D eigenvalue weighted by Gasteiger charge is 2.68. The Labute approximate surface area is 225 Å². The quantitative estimate of drug-likeness (QED) is 0.140. The third kappa shape index (κ3) is 6.01. The summed E-state index contributed by atoms with van der Waals surface area (Å²) in [5.41, 5.74) is -3.52. The first-order valence-corrected chi connectivity index (χ1v) is 12.1. The number of hydrogen-bond donors (Lipinski definition) is 5. The fourth-order valence-corrected chi connectivity index (χ4v) is 4.37. The highest BCUT2D eigenvalue weighted by atomic mass is 16.4. The molecule has 38 heavy (non-hydrogen) atoms. The Balaban J connectivity index is 8.40. The summed E-state index contributed by atoms with van der Waals surface area (Å²) in [6.07, 6.45) is -5.12. The number of carbonyl (C=O) groups excluding carboxylic acids is 5. The van der Waals surface area contributed by atoms with Gasteiger partial charge in [-0.25, -0.2) is 4.79 Å². The van der Waals surface area contributed by atoms with Crippen molar-refractivity contribution < 1.29 is 51.9 Å². The number of aliphatic carboxylic acids is 1. The van der Waals surface area contributed by atoms with Crippen molar-refractivity contribution in [2.24, 2.45) is 11.7 Å². The van der Waals surface area contributed by atoms with Crippen molar-refractivity contribution in [1.29, 1.82) is 0 Å². The van der Waals surface area contributed by atoms with Crippen molar-refractivity contribution in [3.05, 3.63) is 0 Å². The van der Waals surface area contributed by atoms with Gasteiger partial charge in [-0.15, -0.1) is 0 Å². The van der Waals surface area contributed by atoms with Gasteiger partial charge in [0.15, 0.2) is 28.4 Å². The molecular weight excluding hydrogens is 502 g/mol. The molecule has 13 heteroatoms. The summed E-state index contributed by atoms with van der Waals surface area (Å²) in [6.45, 7) is 6.75. The SMILES string of the molecule is [2H]CN(C[2H])[C@](CC(=O)C(N)CC)(C(=O)[C@H](C)O)C(=O)[C@@](C(=O)[C@@](C)(O)C(=O)O)([C@@H](C)CC)N(C)C(=O)[C@H](C)O. The fourth-order valence-electron chi connectivity index (χ4n) is 4.37. The minimum atomic E-state index is -3.34. The number of nitrogens with zero attached hydrogens (tertiary/aromatic N) is 2. The molecule has 0 aromatic heterocycles. The lowest BCUT2D eigenvalue weighted by atomic mass is 9.62. The number of ketones is 4. The van der Waals surface area contributed by atoms with Crippen LogP contribution in [0.15, 0.2) is 0 Å². The number of likely N-dealkylation sites (N-methyl/N-ethyl adjacent to an activating group) is 2. The van der Waals surface area contributed by atoms with Gasteiger partial charge in [0.05, 0.1) is 6.04 Å². The Kier molecular flexibility index (Phi) is 10.8. The molecule has 1 amide bonds. The highest BCUT2D eigenvalue weighted by molar-refractivity contribution is 6.30. The summed E-state index contributed by atoms with van der Waals surface area (Å²) in [5.74, 6) is -10.5. The standard InChI is InChI=1S/C25H43N3O10/c1-10-13(3)25(28(9)19(33)15(5)30,20(34)23(6,38)22(36)37)21(35)24(27(7)8,18(32)14(4)29)12-17(31)16(26)11-2/h13-16,29-30,38H,10-12,26H2,1-9H3,(H,36,37)/t13-,14-,15-,16?,23+,24+,25-/m0/s1/i7D,8D. The van der Waals surface area contributed by atoms with Gasteiger partial charge >= 0.3 is 5.97 Å². The Bertz CT molecular complexity index is 986. The number of carboxylic acids is 1. The maximum atomic E-state index is 15.0. The van der Waals surface area contributed by atoms with Gasteiger partial charge in [0.25, 0.3) is 5.91 Å². The maximum absolute atomic E-state index is 15.0. The van der Waals surface area contributed by atoms with Crippen molar-refractivity contribution in [3.63, 3.8) is 0 Å². The predicted molar refractivity (Wildman–Crippen MR) is 136 cm³/mol. The molecule has 0 bridgehead atoms. The zero-order valence-electron chi connectivity index (χ0n) is 25.1. The van der Waals surface area contributed by atoms with Crippen LogP contribution in [0, 0.1) is 5.92 Å². The van der Waals surface area contributed by atoms with E-state index in [0.717, 1.165) is 20.9 Å². The first kappa shape index (κ1) is 31.6. The van der Waals surface area contributed by atoms with E-state index in [1.165, 1.54) is 20.8 Å². The molecule has 0 saturated carbocycles. The van der Waals surface area contributed by atoms with E-state index in [0.29, 0.717) is 16.7 Å². The second kappa shape index (κ2) is 13.0. The largest absolute Gasteiger partial charge is 0.479 e. The molecule has 1 unspecified atom stereocenters. The van der Waals surface area contributed by atoms with Crippen LogP contribution in [0.4, 0.5) is 0 Å². The fraction of sp³-hybridized carbons (Fsp3) is 0.760. The number of carbonyl (C=O) groups is 6. The normalized spacial score (nSPS) is 20.3. The molecule has 0 aromatic carbocycles. The molecule has 0 saturated heterocycles. The lowest BCUT2D eigenvalue weighted by molar-refractivity contribution is -0.180. The third-order valence-corrected chi connectivity index (χ3v) is 7.08. The zero-order chi connectivity index (χ0) is 32.0. The average molecular weight is 548 g/mol. The Hall–Kier alpha value is -2.58. The molecule has 0 aliphatic heterocycles. The molecule has 0 fully saturated rings. The molecule has 7 atom stereocenters. The van der Waals surface area contributed by atoms with Gasteiger partial charge in [0, 0.05) is 16.2 Å². The van der Waals surface area contributed by atoms with Crippen LogP contribution in [0.3, 0.4) is 0 Å². The Morgan fingerprint density at radius 3 is 1.79 bits per heavy atom. The molecule has 6 N–H and O–H groups in total. The van der Waals surface area contributed by atoms with E-state index in [4.69, 9.17) is 8.48 Å². The molecule has 0 rings (SSSR count). The number of amides is 1. The summed E-state index contributed by atoms with van der Waals surface area (Å²) < 4.78 is 16.0. The van der Waals surface area contributed by atoms with Gasteiger partial charge in [0.2, 0.25) is 11.4 Å². The molecule has 0 radical (unpaired) electrons. The Morgan fingerprint density at radius 1 is 0.947 bits per heavy atom. The van der Waals surface area contributed by atoms with Crippen LogP contribution < -0.4 is 5.73 Å². The summed E-state index contributed by atoms with van der Waals surface area (Å²) in [5, 5.41) is 41.0. The summed E-state index contributed by atoms with van der Waals surface area (Å²) in [6, 6.07) is -1.25. The lowest BCUT2D eigenvalue weighted by Gasteiger charge is -2.51. The summed E-state index contributed by atoms with van der Waals surface area (Å²) in [7, 11) is -1.09. The molecule has 13 nitrogen and oxygen atoms in total. The number of Topliss-reactive ketones (excluding diaryl/α,β-unsaturated/α-hetero) is 4. The zero-order valence-corrected chi connectivity index (χ0v) is 23.1. The van der Waals surface area contributed by atoms with E-state index in [9.17, 15) is 49.2 Å². The van der Waals surface area contributed by atoms with Crippen molar-refractivity contribution in [2.45, 2.75) is 95.7 Å². The maximum Gasteiger partial charge on any atom is 0.343 e. The lowest BCUT2D eigenvalue weighted by Crippen LogP contribution is -2.78. The molecule has 0 spiro atoms. The van der Waals surface area contributed by atoms with Crippen molar-refractivity contribution in [1.82, 2.24) is 9.80 Å². The number of aliphatic hydroxyl groups excluding tert-OH is 2. The van der Waals surface area contributed by atoms with E-state index in [1.54, 1.807) is 0 Å². The highest BCUT2D eigenvalue weighted by Crippen LogP contribution is 2.40. The molecule has 218 valence electrons. The first-order chi connectivity index (χ1) is 18.2. The number of carboxylic acid groups (broad SMARTS) is 1. The van der Waals surface area contributed by atoms with Gasteiger partial charge < -0.3 is 31.1 Å². The van der Waals surface area contributed by atoms with Crippen LogP contribution in [0.2, 0.25) is 0 Å². The number of hydrogen-bond acceptors (Lipinski definition) is 11. The van der Waals surface area contributed by atoms with Crippen LogP contribution in [0.5, 0.6) is 0 Å². The third-order valence-electron chi connectivity index (χ3n) is 7.08. The van der Waals surface area contributed by atoms with E-state index < -0.39 is 96.3 Å². The summed E-state index contributed by atoms with van der Waals surface area (Å²) in [4.78, 5) is 82.3. The smallest absolute Gasteiger partial charge is 0.343 e. The van der Waals surface area contributed by atoms with Gasteiger partial charge in [0.1, 0.15) is 12.2 Å². The van der Waals surface area contributed by atoms with Crippen molar-refractivity contribution >= 4 is 35.0 Å². The van der Waals surface area contributed by atoms with Gasteiger partial charge in [-0.05, 0) is 47.2 Å². The minimum Gasteiger partial charge on any atom is -0.479 e. The summed E-state index contributed by atoms with van der Waals surface area (Å²) >= 11 is 0. The molecule has 0 aromatic rings. The second-order valence-electron chi connectivity index (χ2n) is 9.78. The van der Waals surface area contributed by atoms with E-state index in [-0.39, 0.29) is 12.8 Å². The Morgan fingerprint density at radius 2 is 1.45 bits per heavy atom. The van der Waals surface area contributed by atoms with E-state index in [1.807, 2.05) is 0 Å². The number of aliphatic hydroxyl groups is 3. The molecule has 0 aliphatic rings.